The van der Waals surface area contributed by atoms with E-state index in [-0.39, 0.29) is 0 Å². The summed E-state index contributed by atoms with van der Waals surface area (Å²) in [5.74, 6) is 0. The standard InChI is InChI=1S/C12H14B3N/c1-7-2-3-11(16-6-7)8-4-9(13)12(15)10(14)5-8/h2-6H,13-15H2,1H3. The number of benzene rings is 1. The molecule has 0 unspecified atom stereocenters. The number of nitrogens with zero attached hydrogens (tertiary/aromatic N) is 1. The summed E-state index contributed by atoms with van der Waals surface area (Å²) in [6, 6.07) is 8.60. The Labute approximate surface area is 99.5 Å². The molecule has 2 rings (SSSR count). The molecule has 4 heteroatoms. The summed E-state index contributed by atoms with van der Waals surface area (Å²) >= 11 is 0. The van der Waals surface area contributed by atoms with Crippen LogP contribution in [0.1, 0.15) is 5.56 Å². The molecule has 2 aromatic rings. The number of hydrogen-bond donors (Lipinski definition) is 0. The monoisotopic (exact) mass is 205 g/mol. The third kappa shape index (κ3) is 2.06. The maximum atomic E-state index is 4.46. The predicted octanol–water partition coefficient (Wildman–Crippen LogP) is -2.17. The molecule has 0 aliphatic heterocycles. The van der Waals surface area contributed by atoms with Crippen LogP contribution in [-0.4, -0.2) is 28.5 Å². The molecule has 0 aliphatic rings. The summed E-state index contributed by atoms with van der Waals surface area (Å²) in [7, 11) is 6.47. The molecule has 0 saturated heterocycles. The Bertz CT molecular complexity index is 497. The van der Waals surface area contributed by atoms with Gasteiger partial charge in [0.05, 0.1) is 5.69 Å². The normalized spacial score (nSPS) is 10.3. The Morgan fingerprint density at radius 3 is 2.12 bits per heavy atom. The van der Waals surface area contributed by atoms with Crippen LogP contribution in [-0.2, 0) is 0 Å². The highest BCUT2D eigenvalue weighted by molar-refractivity contribution is 6.57. The minimum atomic E-state index is 1.05. The second-order valence-corrected chi connectivity index (χ2v) is 4.46. The van der Waals surface area contributed by atoms with Gasteiger partial charge in [-0.15, -0.1) is 5.46 Å². The van der Waals surface area contributed by atoms with Gasteiger partial charge in [-0.2, -0.15) is 0 Å². The molecule has 0 amide bonds. The summed E-state index contributed by atoms with van der Waals surface area (Å²) in [6.45, 7) is 2.06. The first kappa shape index (κ1) is 11.1. The molecular formula is C12H14B3N. The molecule has 1 heterocycles. The van der Waals surface area contributed by atoms with E-state index in [1.165, 1.54) is 27.5 Å². The topological polar surface area (TPSA) is 12.9 Å². The van der Waals surface area contributed by atoms with E-state index in [1.807, 2.05) is 6.20 Å². The second kappa shape index (κ2) is 4.21. The van der Waals surface area contributed by atoms with E-state index < -0.39 is 0 Å². The van der Waals surface area contributed by atoms with Crippen LogP contribution in [0.4, 0.5) is 0 Å². The molecule has 0 spiro atoms. The van der Waals surface area contributed by atoms with E-state index in [1.54, 1.807) is 0 Å². The Morgan fingerprint density at radius 1 is 1.00 bits per heavy atom. The zero-order valence-corrected chi connectivity index (χ0v) is 10.3. The van der Waals surface area contributed by atoms with Crippen LogP contribution in [0.15, 0.2) is 30.5 Å². The van der Waals surface area contributed by atoms with Crippen LogP contribution in [0.3, 0.4) is 0 Å². The van der Waals surface area contributed by atoms with Gasteiger partial charge in [0.2, 0.25) is 0 Å². The lowest BCUT2D eigenvalue weighted by Crippen LogP contribution is -2.38. The average molecular weight is 205 g/mol. The highest BCUT2D eigenvalue weighted by Gasteiger charge is 2.03. The van der Waals surface area contributed by atoms with Crippen molar-refractivity contribution >= 4 is 39.9 Å². The highest BCUT2D eigenvalue weighted by atomic mass is 14.7. The van der Waals surface area contributed by atoms with Gasteiger partial charge in [0.1, 0.15) is 23.5 Å². The van der Waals surface area contributed by atoms with Crippen molar-refractivity contribution in [1.29, 1.82) is 0 Å². The maximum Gasteiger partial charge on any atom is 0.138 e. The van der Waals surface area contributed by atoms with Gasteiger partial charge in [-0.05, 0) is 24.1 Å². The SMILES string of the molecule is Bc1cc(-c2ccc(C)cn2)cc(B)c1B. The summed E-state index contributed by atoms with van der Waals surface area (Å²) in [5, 5.41) is 0. The van der Waals surface area contributed by atoms with Gasteiger partial charge in [0.15, 0.2) is 0 Å². The first-order valence-electron chi connectivity index (χ1n) is 5.59. The van der Waals surface area contributed by atoms with Crippen LogP contribution in [0, 0.1) is 6.92 Å². The van der Waals surface area contributed by atoms with Crippen molar-refractivity contribution in [1.82, 2.24) is 4.98 Å². The predicted molar refractivity (Wildman–Crippen MR) is 78.9 cm³/mol. The molecule has 0 bridgehead atoms. The van der Waals surface area contributed by atoms with E-state index >= 15 is 0 Å². The van der Waals surface area contributed by atoms with E-state index in [9.17, 15) is 0 Å². The zero-order chi connectivity index (χ0) is 11.7. The third-order valence-corrected chi connectivity index (χ3v) is 3.13. The Morgan fingerprint density at radius 2 is 1.62 bits per heavy atom. The highest BCUT2D eigenvalue weighted by Crippen LogP contribution is 2.13. The molecule has 76 valence electrons. The molecule has 16 heavy (non-hydrogen) atoms. The molecule has 1 nitrogen and oxygen atoms in total. The van der Waals surface area contributed by atoms with Crippen molar-refractivity contribution in [2.45, 2.75) is 6.92 Å². The first-order valence-corrected chi connectivity index (χ1v) is 5.59. The average Bonchev–Trinajstić information content (AvgIpc) is 2.26. The fourth-order valence-corrected chi connectivity index (χ4v) is 1.82. The van der Waals surface area contributed by atoms with Gasteiger partial charge in [-0.1, -0.05) is 29.1 Å². The minimum absolute atomic E-state index is 1.05. The van der Waals surface area contributed by atoms with Gasteiger partial charge in [0.25, 0.3) is 0 Å². The van der Waals surface area contributed by atoms with Crippen LogP contribution < -0.4 is 16.4 Å². The van der Waals surface area contributed by atoms with Crippen molar-refractivity contribution in [2.75, 3.05) is 0 Å². The van der Waals surface area contributed by atoms with Crippen molar-refractivity contribution in [3.05, 3.63) is 36.0 Å². The Kier molecular flexibility index (Phi) is 2.91. The van der Waals surface area contributed by atoms with Gasteiger partial charge in [-0.3, -0.25) is 4.98 Å². The van der Waals surface area contributed by atoms with Crippen LogP contribution in [0.2, 0.25) is 0 Å². The summed E-state index contributed by atoms with van der Waals surface area (Å²) in [4.78, 5) is 4.46. The molecule has 1 aromatic carbocycles. The van der Waals surface area contributed by atoms with Crippen molar-refractivity contribution in [3.8, 4) is 11.3 Å². The van der Waals surface area contributed by atoms with Gasteiger partial charge >= 0.3 is 0 Å². The van der Waals surface area contributed by atoms with Crippen LogP contribution >= 0.6 is 0 Å². The number of pyridine rings is 1. The van der Waals surface area contributed by atoms with E-state index in [0.717, 1.165) is 5.69 Å². The Hall–Kier alpha value is -1.44. The van der Waals surface area contributed by atoms with E-state index in [0.29, 0.717) is 0 Å². The van der Waals surface area contributed by atoms with Gasteiger partial charge < -0.3 is 0 Å². The molecule has 0 fully saturated rings. The lowest BCUT2D eigenvalue weighted by molar-refractivity contribution is 1.27. The molecule has 0 aliphatic carbocycles. The molecule has 0 radical (unpaired) electrons. The van der Waals surface area contributed by atoms with Crippen LogP contribution in [0.25, 0.3) is 11.3 Å². The number of aryl methyl sites for hydroxylation is 1. The Balaban J connectivity index is 2.52. The quantitative estimate of drug-likeness (QED) is 0.482. The fraction of sp³-hybridized carbons (Fsp3) is 0.0833. The van der Waals surface area contributed by atoms with E-state index in [4.69, 9.17) is 0 Å². The van der Waals surface area contributed by atoms with Crippen molar-refractivity contribution in [3.63, 3.8) is 0 Å². The molecule has 0 atom stereocenters. The van der Waals surface area contributed by atoms with Crippen molar-refractivity contribution < 1.29 is 0 Å². The fourth-order valence-electron chi connectivity index (χ4n) is 1.82. The van der Waals surface area contributed by atoms with Gasteiger partial charge in [-0.25, -0.2) is 0 Å². The second-order valence-electron chi connectivity index (χ2n) is 4.46. The number of aromatic nitrogens is 1. The maximum absolute atomic E-state index is 4.46. The lowest BCUT2D eigenvalue weighted by Gasteiger charge is -2.09. The summed E-state index contributed by atoms with van der Waals surface area (Å²) in [6.07, 6.45) is 1.92. The van der Waals surface area contributed by atoms with Gasteiger partial charge in [0, 0.05) is 6.20 Å². The number of rotatable bonds is 1. The minimum Gasteiger partial charge on any atom is -0.256 e. The van der Waals surface area contributed by atoms with Crippen LogP contribution in [0.5, 0.6) is 0 Å². The van der Waals surface area contributed by atoms with E-state index in [2.05, 4.69) is 59.7 Å². The largest absolute Gasteiger partial charge is 0.256 e. The lowest BCUT2D eigenvalue weighted by atomic mass is 9.71. The smallest absolute Gasteiger partial charge is 0.138 e. The third-order valence-electron chi connectivity index (χ3n) is 3.13. The van der Waals surface area contributed by atoms with Crippen molar-refractivity contribution in [2.24, 2.45) is 0 Å². The molecule has 1 aromatic heterocycles. The molecule has 0 saturated carbocycles. The summed E-state index contributed by atoms with van der Waals surface area (Å²) < 4.78 is 0. The summed E-state index contributed by atoms with van der Waals surface area (Å²) in [5.41, 5.74) is 7.49. The first-order chi connectivity index (χ1) is 7.58. The molecule has 0 N–H and O–H groups in total. The zero-order valence-electron chi connectivity index (χ0n) is 10.3. The molecular weight excluding hydrogens is 191 g/mol. The number of hydrogen-bond acceptors (Lipinski definition) is 1.